The summed E-state index contributed by atoms with van der Waals surface area (Å²) in [5.41, 5.74) is 0. The van der Waals surface area contributed by atoms with Crippen LogP contribution in [-0.2, 0) is 4.79 Å². The Labute approximate surface area is 156 Å². The SMILES string of the molecule is CC(C)[CH2][Sn][CH2]C(C)C.CCCCCCCCCCCC(=O)O. The van der Waals surface area contributed by atoms with Crippen molar-refractivity contribution < 1.29 is 9.90 Å². The minimum Gasteiger partial charge on any atom is -0.481 e. The molecule has 0 aliphatic carbocycles. The number of carboxylic acid groups (broad SMARTS) is 1. The molecule has 0 saturated carbocycles. The number of hydrogen-bond donors (Lipinski definition) is 1. The van der Waals surface area contributed by atoms with Crippen LogP contribution in [0.15, 0.2) is 0 Å². The van der Waals surface area contributed by atoms with Crippen molar-refractivity contribution in [3.8, 4) is 0 Å². The third-order valence-electron chi connectivity index (χ3n) is 3.60. The molecule has 0 aromatic heterocycles. The zero-order valence-electron chi connectivity index (χ0n) is 16.5. The first kappa shape index (κ1) is 25.5. The molecule has 0 bridgehead atoms. The molecule has 2 nitrogen and oxygen atoms in total. The maximum Gasteiger partial charge on any atom is 0.303 e. The predicted molar refractivity (Wildman–Crippen MR) is 105 cm³/mol. The van der Waals surface area contributed by atoms with Gasteiger partial charge in [-0.05, 0) is 6.42 Å². The van der Waals surface area contributed by atoms with Crippen molar-refractivity contribution >= 4 is 27.1 Å². The fourth-order valence-electron chi connectivity index (χ4n) is 2.25. The third kappa shape index (κ3) is 30.7. The second kappa shape index (κ2) is 20.3. The van der Waals surface area contributed by atoms with Gasteiger partial charge in [0.2, 0.25) is 0 Å². The summed E-state index contributed by atoms with van der Waals surface area (Å²) in [4.78, 5) is 10.2. The first-order chi connectivity index (χ1) is 10.9. The van der Waals surface area contributed by atoms with Gasteiger partial charge in [0.1, 0.15) is 0 Å². The Bertz CT molecular complexity index is 232. The van der Waals surface area contributed by atoms with Gasteiger partial charge in [-0.3, -0.25) is 4.79 Å². The van der Waals surface area contributed by atoms with E-state index in [0.717, 1.165) is 24.7 Å². The van der Waals surface area contributed by atoms with Crippen molar-refractivity contribution in [3.63, 3.8) is 0 Å². The minimum atomic E-state index is -0.659. The van der Waals surface area contributed by atoms with E-state index in [2.05, 4.69) is 34.6 Å². The summed E-state index contributed by atoms with van der Waals surface area (Å²) < 4.78 is 3.14. The predicted octanol–water partition coefficient (Wildman–Crippen LogP) is 6.83. The third-order valence-corrected chi connectivity index (χ3v) is 9.91. The van der Waals surface area contributed by atoms with Crippen molar-refractivity contribution in [3.05, 3.63) is 0 Å². The van der Waals surface area contributed by atoms with E-state index in [9.17, 15) is 4.79 Å². The zero-order valence-corrected chi connectivity index (χ0v) is 19.3. The summed E-state index contributed by atoms with van der Waals surface area (Å²) in [6, 6.07) is 0. The first-order valence-electron chi connectivity index (χ1n) is 9.82. The molecule has 0 aliphatic heterocycles. The van der Waals surface area contributed by atoms with Crippen LogP contribution in [-0.4, -0.2) is 32.2 Å². The second-order valence-corrected chi connectivity index (χ2v) is 11.2. The topological polar surface area (TPSA) is 37.3 Å². The van der Waals surface area contributed by atoms with E-state index in [1.807, 2.05) is 0 Å². The van der Waals surface area contributed by atoms with Crippen LogP contribution in [0.4, 0.5) is 0 Å². The number of rotatable bonds is 14. The van der Waals surface area contributed by atoms with E-state index in [1.54, 1.807) is 8.87 Å². The van der Waals surface area contributed by atoms with Gasteiger partial charge in [-0.15, -0.1) is 0 Å². The maximum atomic E-state index is 10.2. The fraction of sp³-hybridized carbons (Fsp3) is 0.950. The Morgan fingerprint density at radius 1 is 0.783 bits per heavy atom. The van der Waals surface area contributed by atoms with E-state index in [0.29, 0.717) is 6.42 Å². The standard InChI is InChI=1S/C12H24O2.2C4H9.Sn/c1-2-3-4-5-6-7-8-9-10-11-12(13)14;2*1-4(2)3;/h2-11H2,1H3,(H,13,14);2*4H,1H2,2-3H3;. The first-order valence-corrected chi connectivity index (χ1v) is 13.9. The molecule has 0 atom stereocenters. The molecule has 138 valence electrons. The second-order valence-electron chi connectivity index (χ2n) is 7.42. The van der Waals surface area contributed by atoms with Crippen LogP contribution in [0, 0.1) is 11.8 Å². The van der Waals surface area contributed by atoms with Crippen LogP contribution < -0.4 is 0 Å². The molecule has 0 unspecified atom stereocenters. The molecule has 0 heterocycles. The van der Waals surface area contributed by atoms with Gasteiger partial charge in [0.15, 0.2) is 0 Å². The molecule has 3 heteroatoms. The number of aliphatic carboxylic acids is 1. The Balaban J connectivity index is 0. The van der Waals surface area contributed by atoms with E-state index in [-0.39, 0.29) is 21.1 Å². The Morgan fingerprint density at radius 3 is 1.52 bits per heavy atom. The van der Waals surface area contributed by atoms with Crippen molar-refractivity contribution in [2.24, 2.45) is 11.8 Å². The number of hydrogen-bond acceptors (Lipinski definition) is 1. The molecular weight excluding hydrogens is 391 g/mol. The van der Waals surface area contributed by atoms with Crippen LogP contribution >= 0.6 is 0 Å². The number of unbranched alkanes of at least 4 members (excludes halogenated alkanes) is 8. The average Bonchev–Trinajstić information content (AvgIpc) is 2.45. The van der Waals surface area contributed by atoms with E-state index in [4.69, 9.17) is 5.11 Å². The molecule has 0 aromatic rings. The summed E-state index contributed by atoms with van der Waals surface area (Å²) in [5.74, 6) is 1.28. The molecule has 0 rings (SSSR count). The Morgan fingerprint density at radius 2 is 1.17 bits per heavy atom. The number of carbonyl (C=O) groups is 1. The van der Waals surface area contributed by atoms with Crippen LogP contribution in [0.1, 0.15) is 98.8 Å². The van der Waals surface area contributed by atoms with Crippen molar-refractivity contribution in [1.82, 2.24) is 0 Å². The summed E-state index contributed by atoms with van der Waals surface area (Å²) >= 11 is 0.0709. The van der Waals surface area contributed by atoms with Gasteiger partial charge >= 0.3 is 75.5 Å². The van der Waals surface area contributed by atoms with Crippen molar-refractivity contribution in [1.29, 1.82) is 0 Å². The Kier molecular flexibility index (Phi) is 22.5. The maximum absolute atomic E-state index is 10.2. The van der Waals surface area contributed by atoms with Crippen LogP contribution in [0.2, 0.25) is 8.87 Å². The number of carboxylic acids is 1. The molecule has 0 spiro atoms. The largest absolute Gasteiger partial charge is 0.481 e. The van der Waals surface area contributed by atoms with Gasteiger partial charge in [0.05, 0.1) is 0 Å². The Hall–Kier alpha value is 0.269. The molecule has 0 fully saturated rings. The smallest absolute Gasteiger partial charge is 0.303 e. The summed E-state index contributed by atoms with van der Waals surface area (Å²) in [7, 11) is 0. The quantitative estimate of drug-likeness (QED) is 0.241. The molecule has 0 saturated heterocycles. The van der Waals surface area contributed by atoms with Gasteiger partial charge in [0, 0.05) is 6.42 Å². The molecule has 0 amide bonds. The minimum absolute atomic E-state index is 0.0709. The normalized spacial score (nSPS) is 10.7. The molecule has 0 aromatic carbocycles. The van der Waals surface area contributed by atoms with E-state index >= 15 is 0 Å². The molecule has 1 N–H and O–H groups in total. The van der Waals surface area contributed by atoms with Crippen molar-refractivity contribution in [2.45, 2.75) is 108 Å². The van der Waals surface area contributed by atoms with Crippen molar-refractivity contribution in [2.75, 3.05) is 0 Å². The van der Waals surface area contributed by atoms with Gasteiger partial charge < -0.3 is 5.11 Å². The van der Waals surface area contributed by atoms with Gasteiger partial charge in [0.25, 0.3) is 0 Å². The molecule has 2 radical (unpaired) electrons. The van der Waals surface area contributed by atoms with Crippen LogP contribution in [0.25, 0.3) is 0 Å². The van der Waals surface area contributed by atoms with E-state index < -0.39 is 5.97 Å². The van der Waals surface area contributed by atoms with Gasteiger partial charge in [-0.2, -0.15) is 0 Å². The monoisotopic (exact) mass is 434 g/mol. The molecular formula is C20H42O2Sn. The summed E-state index contributed by atoms with van der Waals surface area (Å²) in [6.07, 6.45) is 11.5. The fourth-order valence-corrected chi connectivity index (χ4v) is 6.02. The van der Waals surface area contributed by atoms with Gasteiger partial charge in [-0.25, -0.2) is 0 Å². The molecule has 0 aliphatic rings. The van der Waals surface area contributed by atoms with Gasteiger partial charge in [-0.1, -0.05) is 58.3 Å². The summed E-state index contributed by atoms with van der Waals surface area (Å²) in [6.45, 7) is 11.6. The summed E-state index contributed by atoms with van der Waals surface area (Å²) in [5, 5.41) is 8.41. The molecule has 23 heavy (non-hydrogen) atoms. The van der Waals surface area contributed by atoms with Crippen LogP contribution in [0.5, 0.6) is 0 Å². The van der Waals surface area contributed by atoms with Crippen LogP contribution in [0.3, 0.4) is 0 Å². The zero-order chi connectivity index (χ0) is 17.9. The van der Waals surface area contributed by atoms with E-state index in [1.165, 1.54) is 44.9 Å². The average molecular weight is 433 g/mol.